The molecule has 0 radical (unpaired) electrons. The van der Waals surface area contributed by atoms with Gasteiger partial charge in [-0.1, -0.05) is 6.92 Å². The Bertz CT molecular complexity index is 379. The van der Waals surface area contributed by atoms with E-state index in [9.17, 15) is 14.7 Å². The Balaban J connectivity index is 2.06. The molecule has 0 aromatic rings. The number of nitrogens with zero attached hydrogens (tertiary/aromatic N) is 1. The topological polar surface area (TPSA) is 78.9 Å². The van der Waals surface area contributed by atoms with E-state index in [1.54, 1.807) is 4.90 Å². The van der Waals surface area contributed by atoms with Gasteiger partial charge in [0, 0.05) is 38.6 Å². The van der Waals surface area contributed by atoms with Crippen LogP contribution in [0.4, 0.5) is 4.79 Å². The van der Waals surface area contributed by atoms with Crippen molar-refractivity contribution in [3.63, 3.8) is 0 Å². The SMILES string of the molecule is CC1CCC(C)N(C(=O)NC2(C(=O)O)CCOCC2)C1. The highest BCUT2D eigenvalue weighted by Crippen LogP contribution is 2.25. The number of carbonyl (C=O) groups excluding carboxylic acids is 1. The molecule has 0 aromatic heterocycles. The first-order valence-corrected chi connectivity index (χ1v) is 7.34. The van der Waals surface area contributed by atoms with Gasteiger partial charge in [0.1, 0.15) is 5.54 Å². The normalized spacial score (nSPS) is 29.8. The Hall–Kier alpha value is -1.30. The van der Waals surface area contributed by atoms with E-state index in [1.165, 1.54) is 0 Å². The van der Waals surface area contributed by atoms with Gasteiger partial charge in [-0.3, -0.25) is 0 Å². The first-order valence-electron chi connectivity index (χ1n) is 7.34. The minimum Gasteiger partial charge on any atom is -0.480 e. The molecule has 2 rings (SSSR count). The summed E-state index contributed by atoms with van der Waals surface area (Å²) in [5, 5.41) is 12.2. The lowest BCUT2D eigenvalue weighted by molar-refractivity contribution is -0.148. The number of carboxylic acid groups (broad SMARTS) is 1. The van der Waals surface area contributed by atoms with Crippen molar-refractivity contribution in [1.29, 1.82) is 0 Å². The summed E-state index contributed by atoms with van der Waals surface area (Å²) in [6.07, 6.45) is 2.73. The van der Waals surface area contributed by atoms with E-state index in [0.29, 0.717) is 38.5 Å². The zero-order chi connectivity index (χ0) is 14.8. The van der Waals surface area contributed by atoms with Crippen molar-refractivity contribution < 1.29 is 19.4 Å². The van der Waals surface area contributed by atoms with Crippen LogP contribution in [0.3, 0.4) is 0 Å². The molecule has 2 heterocycles. The van der Waals surface area contributed by atoms with Gasteiger partial charge in [0.2, 0.25) is 0 Å². The molecule has 6 nitrogen and oxygen atoms in total. The van der Waals surface area contributed by atoms with Gasteiger partial charge in [0.15, 0.2) is 0 Å². The molecule has 2 N–H and O–H groups in total. The highest BCUT2D eigenvalue weighted by molar-refractivity contribution is 5.86. The Labute approximate surface area is 119 Å². The van der Waals surface area contributed by atoms with Gasteiger partial charge < -0.3 is 20.1 Å². The fourth-order valence-electron chi connectivity index (χ4n) is 2.96. The van der Waals surface area contributed by atoms with E-state index in [1.807, 2.05) is 6.92 Å². The van der Waals surface area contributed by atoms with E-state index < -0.39 is 11.5 Å². The van der Waals surface area contributed by atoms with Crippen LogP contribution in [-0.4, -0.2) is 53.3 Å². The van der Waals surface area contributed by atoms with Crippen LogP contribution in [0.15, 0.2) is 0 Å². The summed E-state index contributed by atoms with van der Waals surface area (Å²) in [6, 6.07) is -0.0924. The van der Waals surface area contributed by atoms with Crippen LogP contribution < -0.4 is 5.32 Å². The predicted molar refractivity (Wildman–Crippen MR) is 73.5 cm³/mol. The van der Waals surface area contributed by atoms with Gasteiger partial charge in [0.05, 0.1) is 0 Å². The van der Waals surface area contributed by atoms with Crippen LogP contribution in [0.2, 0.25) is 0 Å². The van der Waals surface area contributed by atoms with Crippen molar-refractivity contribution in [2.75, 3.05) is 19.8 Å². The molecule has 0 bridgehead atoms. The quantitative estimate of drug-likeness (QED) is 0.804. The Morgan fingerprint density at radius 1 is 1.25 bits per heavy atom. The molecule has 2 aliphatic heterocycles. The molecule has 2 amide bonds. The summed E-state index contributed by atoms with van der Waals surface area (Å²) in [6.45, 7) is 5.58. The molecule has 0 saturated carbocycles. The van der Waals surface area contributed by atoms with Gasteiger partial charge in [0.25, 0.3) is 0 Å². The number of piperidine rings is 1. The summed E-state index contributed by atoms with van der Waals surface area (Å²) >= 11 is 0. The van der Waals surface area contributed by atoms with Crippen molar-refractivity contribution >= 4 is 12.0 Å². The molecule has 6 heteroatoms. The number of hydrogen-bond acceptors (Lipinski definition) is 3. The van der Waals surface area contributed by atoms with E-state index in [2.05, 4.69) is 12.2 Å². The Morgan fingerprint density at radius 3 is 2.50 bits per heavy atom. The standard InChI is InChI=1S/C14H24N2O4/c1-10-3-4-11(2)16(9-10)13(19)15-14(12(17)18)5-7-20-8-6-14/h10-11H,3-9H2,1-2H3,(H,15,19)(H,17,18). The van der Waals surface area contributed by atoms with Crippen molar-refractivity contribution in [2.24, 2.45) is 5.92 Å². The van der Waals surface area contributed by atoms with Crippen molar-refractivity contribution in [3.8, 4) is 0 Å². The molecule has 0 aromatic carbocycles. The minimum atomic E-state index is -1.17. The Morgan fingerprint density at radius 2 is 1.90 bits per heavy atom. The maximum absolute atomic E-state index is 12.4. The van der Waals surface area contributed by atoms with Crippen LogP contribution in [0.5, 0.6) is 0 Å². The maximum atomic E-state index is 12.4. The highest BCUT2D eigenvalue weighted by atomic mass is 16.5. The molecule has 2 atom stereocenters. The number of hydrogen-bond donors (Lipinski definition) is 2. The number of urea groups is 1. The minimum absolute atomic E-state index is 0.164. The van der Waals surface area contributed by atoms with E-state index in [4.69, 9.17) is 4.74 Å². The second-order valence-corrected chi connectivity index (χ2v) is 6.11. The third-order valence-corrected chi connectivity index (χ3v) is 4.48. The molecule has 2 fully saturated rings. The van der Waals surface area contributed by atoms with Gasteiger partial charge in [-0.15, -0.1) is 0 Å². The molecule has 0 aliphatic carbocycles. The zero-order valence-electron chi connectivity index (χ0n) is 12.2. The number of amides is 2. The number of likely N-dealkylation sites (tertiary alicyclic amines) is 1. The van der Waals surface area contributed by atoms with Crippen LogP contribution in [-0.2, 0) is 9.53 Å². The number of carbonyl (C=O) groups is 2. The summed E-state index contributed by atoms with van der Waals surface area (Å²) in [5.41, 5.74) is -1.17. The first kappa shape index (κ1) is 15.1. The lowest BCUT2D eigenvalue weighted by Crippen LogP contribution is -2.62. The zero-order valence-corrected chi connectivity index (χ0v) is 12.2. The molecular formula is C14H24N2O4. The smallest absolute Gasteiger partial charge is 0.329 e. The monoisotopic (exact) mass is 284 g/mol. The average molecular weight is 284 g/mol. The lowest BCUT2D eigenvalue weighted by Gasteiger charge is -2.40. The summed E-state index contributed by atoms with van der Waals surface area (Å²) in [5.74, 6) is -0.501. The van der Waals surface area contributed by atoms with E-state index in [0.717, 1.165) is 12.8 Å². The van der Waals surface area contributed by atoms with E-state index >= 15 is 0 Å². The van der Waals surface area contributed by atoms with Gasteiger partial charge in [-0.2, -0.15) is 0 Å². The van der Waals surface area contributed by atoms with Gasteiger partial charge >= 0.3 is 12.0 Å². The second-order valence-electron chi connectivity index (χ2n) is 6.11. The predicted octanol–water partition coefficient (Wildman–Crippen LogP) is 1.45. The van der Waals surface area contributed by atoms with Crippen LogP contribution in [0.25, 0.3) is 0 Å². The lowest BCUT2D eigenvalue weighted by atomic mass is 9.90. The summed E-state index contributed by atoms with van der Waals surface area (Å²) < 4.78 is 5.21. The highest BCUT2D eigenvalue weighted by Gasteiger charge is 2.43. The number of carboxylic acids is 1. The maximum Gasteiger partial charge on any atom is 0.329 e. The molecule has 20 heavy (non-hydrogen) atoms. The summed E-state index contributed by atoms with van der Waals surface area (Å²) in [7, 11) is 0. The largest absolute Gasteiger partial charge is 0.480 e. The average Bonchev–Trinajstić information content (AvgIpc) is 2.42. The second kappa shape index (κ2) is 5.99. The molecular weight excluding hydrogens is 260 g/mol. The number of ether oxygens (including phenoxy) is 1. The number of aliphatic carboxylic acids is 1. The third kappa shape index (κ3) is 3.06. The van der Waals surface area contributed by atoms with Crippen LogP contribution in [0.1, 0.15) is 39.5 Å². The van der Waals surface area contributed by atoms with E-state index in [-0.39, 0.29) is 12.1 Å². The number of rotatable bonds is 2. The molecule has 0 spiro atoms. The third-order valence-electron chi connectivity index (χ3n) is 4.48. The van der Waals surface area contributed by atoms with Crippen molar-refractivity contribution in [2.45, 2.75) is 51.1 Å². The fraction of sp³-hybridized carbons (Fsp3) is 0.857. The van der Waals surface area contributed by atoms with Gasteiger partial charge in [-0.05, 0) is 25.7 Å². The number of nitrogens with one attached hydrogen (secondary N) is 1. The molecule has 2 saturated heterocycles. The fourth-order valence-corrected chi connectivity index (χ4v) is 2.96. The van der Waals surface area contributed by atoms with Crippen molar-refractivity contribution in [3.05, 3.63) is 0 Å². The first-order chi connectivity index (χ1) is 9.44. The summed E-state index contributed by atoms with van der Waals surface area (Å²) in [4.78, 5) is 25.8. The van der Waals surface area contributed by atoms with Crippen LogP contribution >= 0.6 is 0 Å². The Kier molecular flexibility index (Phi) is 4.52. The van der Waals surface area contributed by atoms with Gasteiger partial charge in [-0.25, -0.2) is 9.59 Å². The molecule has 114 valence electrons. The van der Waals surface area contributed by atoms with Crippen molar-refractivity contribution in [1.82, 2.24) is 10.2 Å². The van der Waals surface area contributed by atoms with Crippen LogP contribution in [0, 0.1) is 5.92 Å². The molecule has 2 unspecified atom stereocenters. The molecule has 2 aliphatic rings.